The van der Waals surface area contributed by atoms with E-state index in [1.54, 1.807) is 0 Å². The van der Waals surface area contributed by atoms with Crippen LogP contribution in [0.25, 0.3) is 0 Å². The summed E-state index contributed by atoms with van der Waals surface area (Å²) < 4.78 is 5.41. The second-order valence-corrected chi connectivity index (χ2v) is 5.60. The topological polar surface area (TPSA) is 26.3 Å². The molecule has 0 saturated heterocycles. The van der Waals surface area contributed by atoms with Crippen LogP contribution in [0.15, 0.2) is 24.3 Å². The molecule has 98 valence electrons. The average Bonchev–Trinajstić information content (AvgIpc) is 2.27. The van der Waals surface area contributed by atoms with Crippen molar-refractivity contribution in [3.8, 4) is 0 Å². The van der Waals surface area contributed by atoms with Gasteiger partial charge in [0.05, 0.1) is 0 Å². The molecule has 2 heteroatoms. The molecule has 1 aliphatic carbocycles. The molecule has 1 saturated carbocycles. The predicted octanol–water partition coefficient (Wildman–Crippen LogP) is 3.83. The molecule has 0 N–H and O–H groups in total. The van der Waals surface area contributed by atoms with Crippen LogP contribution < -0.4 is 0 Å². The fourth-order valence-corrected chi connectivity index (χ4v) is 3.17. The van der Waals surface area contributed by atoms with Crippen molar-refractivity contribution in [2.24, 2.45) is 5.92 Å². The largest absolute Gasteiger partial charge is 0.463 e. The molecular formula is C16H22O2. The first-order valence-electron chi connectivity index (χ1n) is 6.79. The number of rotatable bonds is 2. The highest BCUT2D eigenvalue weighted by Crippen LogP contribution is 2.38. The molecule has 0 spiro atoms. The molecule has 1 aromatic rings. The molecule has 1 aromatic carbocycles. The number of esters is 1. The van der Waals surface area contributed by atoms with Gasteiger partial charge in [0.15, 0.2) is 0 Å². The highest BCUT2D eigenvalue weighted by atomic mass is 16.5. The lowest BCUT2D eigenvalue weighted by Gasteiger charge is -2.33. The van der Waals surface area contributed by atoms with Crippen LogP contribution in [0.1, 0.15) is 50.2 Å². The van der Waals surface area contributed by atoms with Crippen molar-refractivity contribution in [2.45, 2.75) is 52.1 Å². The van der Waals surface area contributed by atoms with Gasteiger partial charge in [0, 0.05) is 6.92 Å². The van der Waals surface area contributed by atoms with Gasteiger partial charge in [0.25, 0.3) is 0 Å². The summed E-state index contributed by atoms with van der Waals surface area (Å²) in [7, 11) is 0. The molecule has 0 heterocycles. The number of hydrogen-bond acceptors (Lipinski definition) is 2. The molecule has 0 aliphatic heterocycles. The Balaban J connectivity index is 2.13. The van der Waals surface area contributed by atoms with E-state index >= 15 is 0 Å². The van der Waals surface area contributed by atoms with E-state index in [-0.39, 0.29) is 12.1 Å². The normalized spacial score (nSPS) is 27.8. The van der Waals surface area contributed by atoms with E-state index in [4.69, 9.17) is 4.74 Å². The smallest absolute Gasteiger partial charge is 0.302 e. The third-order valence-corrected chi connectivity index (χ3v) is 3.86. The Kier molecular flexibility index (Phi) is 4.05. The minimum atomic E-state index is -0.155. The number of aryl methyl sites for hydroxylation is 1. The third kappa shape index (κ3) is 3.12. The van der Waals surface area contributed by atoms with E-state index in [1.165, 1.54) is 24.5 Å². The van der Waals surface area contributed by atoms with Crippen LogP contribution >= 0.6 is 0 Å². The van der Waals surface area contributed by atoms with Crippen molar-refractivity contribution in [2.75, 3.05) is 0 Å². The molecule has 1 aliphatic rings. The summed E-state index contributed by atoms with van der Waals surface area (Å²) in [6, 6.07) is 8.55. The summed E-state index contributed by atoms with van der Waals surface area (Å²) in [4.78, 5) is 11.1. The van der Waals surface area contributed by atoms with Gasteiger partial charge < -0.3 is 4.74 Å². The summed E-state index contributed by atoms with van der Waals surface area (Å²) in [5.74, 6) is 0.990. The van der Waals surface area contributed by atoms with Gasteiger partial charge in [-0.05, 0) is 49.1 Å². The molecular weight excluding hydrogens is 224 g/mol. The minimum Gasteiger partial charge on any atom is -0.463 e. The van der Waals surface area contributed by atoms with Crippen LogP contribution in [0.3, 0.4) is 0 Å². The molecule has 3 atom stereocenters. The van der Waals surface area contributed by atoms with Crippen molar-refractivity contribution in [3.05, 3.63) is 35.4 Å². The van der Waals surface area contributed by atoms with Gasteiger partial charge in [-0.3, -0.25) is 4.79 Å². The maximum absolute atomic E-state index is 11.1. The van der Waals surface area contributed by atoms with E-state index in [0.29, 0.717) is 11.8 Å². The molecule has 0 bridgehead atoms. The quantitative estimate of drug-likeness (QED) is 0.741. The van der Waals surface area contributed by atoms with Crippen LogP contribution in [0.2, 0.25) is 0 Å². The summed E-state index contributed by atoms with van der Waals surface area (Å²) >= 11 is 0. The Morgan fingerprint density at radius 3 is 2.61 bits per heavy atom. The standard InChI is InChI=1S/C16H22O2/c1-11-8-14(10-15(9-11)18-13(3)17)16-7-5-4-6-12(16)2/h4-7,11,14-15H,8-10H2,1-3H3/t11-,14?,15?/m0/s1. The van der Waals surface area contributed by atoms with Crippen molar-refractivity contribution in [1.82, 2.24) is 0 Å². The van der Waals surface area contributed by atoms with Gasteiger partial charge in [-0.15, -0.1) is 0 Å². The number of benzene rings is 1. The second kappa shape index (κ2) is 5.55. The molecule has 2 nitrogen and oxygen atoms in total. The maximum Gasteiger partial charge on any atom is 0.302 e. The van der Waals surface area contributed by atoms with Gasteiger partial charge in [-0.25, -0.2) is 0 Å². The lowest BCUT2D eigenvalue weighted by atomic mass is 9.76. The zero-order chi connectivity index (χ0) is 13.1. The number of carbonyl (C=O) groups is 1. The second-order valence-electron chi connectivity index (χ2n) is 5.60. The fourth-order valence-electron chi connectivity index (χ4n) is 3.17. The molecule has 0 aromatic heterocycles. The number of ether oxygens (including phenoxy) is 1. The lowest BCUT2D eigenvalue weighted by Crippen LogP contribution is -2.28. The first-order chi connectivity index (χ1) is 8.56. The summed E-state index contributed by atoms with van der Waals surface area (Å²) in [5.41, 5.74) is 2.76. The van der Waals surface area contributed by atoms with Crippen LogP contribution in [0.5, 0.6) is 0 Å². The van der Waals surface area contributed by atoms with Crippen LogP contribution in [-0.2, 0) is 9.53 Å². The SMILES string of the molecule is CC(=O)OC1CC(c2ccccc2C)C[C@H](C)C1. The average molecular weight is 246 g/mol. The number of carbonyl (C=O) groups excluding carboxylic acids is 1. The number of hydrogen-bond donors (Lipinski definition) is 0. The molecule has 1 fully saturated rings. The van der Waals surface area contributed by atoms with Gasteiger partial charge >= 0.3 is 5.97 Å². The molecule has 2 unspecified atom stereocenters. The predicted molar refractivity (Wildman–Crippen MR) is 72.5 cm³/mol. The van der Waals surface area contributed by atoms with Crippen LogP contribution in [0, 0.1) is 12.8 Å². The van der Waals surface area contributed by atoms with Gasteiger partial charge in [0.1, 0.15) is 6.10 Å². The summed E-state index contributed by atoms with van der Waals surface area (Å²) in [6.07, 6.45) is 3.26. The van der Waals surface area contributed by atoms with E-state index in [0.717, 1.165) is 12.8 Å². The monoisotopic (exact) mass is 246 g/mol. The van der Waals surface area contributed by atoms with Gasteiger partial charge in [-0.1, -0.05) is 31.2 Å². The Bertz CT molecular complexity index is 425. The first-order valence-corrected chi connectivity index (χ1v) is 6.79. The highest BCUT2D eigenvalue weighted by Gasteiger charge is 2.29. The maximum atomic E-state index is 11.1. The van der Waals surface area contributed by atoms with E-state index in [2.05, 4.69) is 38.1 Å². The molecule has 0 radical (unpaired) electrons. The Hall–Kier alpha value is -1.31. The van der Waals surface area contributed by atoms with E-state index < -0.39 is 0 Å². The zero-order valence-corrected chi connectivity index (χ0v) is 11.5. The molecule has 18 heavy (non-hydrogen) atoms. The molecule has 0 amide bonds. The summed E-state index contributed by atoms with van der Waals surface area (Å²) in [6.45, 7) is 5.92. The fraction of sp³-hybridized carbons (Fsp3) is 0.562. The van der Waals surface area contributed by atoms with E-state index in [9.17, 15) is 4.79 Å². The van der Waals surface area contributed by atoms with Crippen LogP contribution in [-0.4, -0.2) is 12.1 Å². The molecule has 2 rings (SSSR count). The Labute approximate surface area is 109 Å². The van der Waals surface area contributed by atoms with Gasteiger partial charge in [0.2, 0.25) is 0 Å². The Morgan fingerprint density at radius 2 is 1.94 bits per heavy atom. The van der Waals surface area contributed by atoms with Crippen molar-refractivity contribution in [3.63, 3.8) is 0 Å². The third-order valence-electron chi connectivity index (χ3n) is 3.86. The van der Waals surface area contributed by atoms with Crippen molar-refractivity contribution in [1.29, 1.82) is 0 Å². The minimum absolute atomic E-state index is 0.0934. The Morgan fingerprint density at radius 1 is 1.22 bits per heavy atom. The zero-order valence-electron chi connectivity index (χ0n) is 11.5. The van der Waals surface area contributed by atoms with E-state index in [1.807, 2.05) is 0 Å². The highest BCUT2D eigenvalue weighted by molar-refractivity contribution is 5.66. The van der Waals surface area contributed by atoms with Crippen molar-refractivity contribution >= 4 is 5.97 Å². The van der Waals surface area contributed by atoms with Gasteiger partial charge in [-0.2, -0.15) is 0 Å². The summed E-state index contributed by atoms with van der Waals surface area (Å²) in [5, 5.41) is 0. The lowest BCUT2D eigenvalue weighted by molar-refractivity contribution is -0.148. The van der Waals surface area contributed by atoms with Crippen molar-refractivity contribution < 1.29 is 9.53 Å². The first kappa shape index (κ1) is 13.1. The van der Waals surface area contributed by atoms with Crippen LogP contribution in [0.4, 0.5) is 0 Å².